The Labute approximate surface area is 119 Å². The third-order valence-corrected chi connectivity index (χ3v) is 3.45. The standard InChI is InChI=1S/C18H29O/c1-2-3-4-5-6-7-8-9-10-14-17-19-18-15-12-11-13-16-18/h11-12,15-16H,2-10,14,17H2,1H3. The molecule has 0 amide bonds. The van der Waals surface area contributed by atoms with Crippen molar-refractivity contribution in [1.29, 1.82) is 0 Å². The summed E-state index contributed by atoms with van der Waals surface area (Å²) in [6, 6.07) is 10.8. The first-order chi connectivity index (χ1) is 9.43. The Hall–Kier alpha value is -0.980. The molecule has 0 N–H and O–H groups in total. The van der Waals surface area contributed by atoms with Crippen molar-refractivity contribution in [2.45, 2.75) is 71.1 Å². The summed E-state index contributed by atoms with van der Waals surface area (Å²) in [6.45, 7) is 3.11. The fourth-order valence-electron chi connectivity index (χ4n) is 2.25. The second-order valence-corrected chi connectivity index (χ2v) is 5.27. The summed E-state index contributed by atoms with van der Waals surface area (Å²) < 4.78 is 5.65. The van der Waals surface area contributed by atoms with Crippen LogP contribution in [0.1, 0.15) is 71.1 Å². The van der Waals surface area contributed by atoms with Crippen molar-refractivity contribution in [1.82, 2.24) is 0 Å². The van der Waals surface area contributed by atoms with Crippen LogP contribution in [0.15, 0.2) is 24.3 Å². The first kappa shape index (κ1) is 16.1. The third kappa shape index (κ3) is 9.58. The molecule has 1 heteroatoms. The van der Waals surface area contributed by atoms with Crippen LogP contribution in [0.3, 0.4) is 0 Å². The molecule has 0 saturated carbocycles. The van der Waals surface area contributed by atoms with Gasteiger partial charge in [0.25, 0.3) is 0 Å². The minimum Gasteiger partial charge on any atom is -0.494 e. The molecule has 0 unspecified atom stereocenters. The van der Waals surface area contributed by atoms with Crippen LogP contribution >= 0.6 is 0 Å². The van der Waals surface area contributed by atoms with E-state index < -0.39 is 0 Å². The summed E-state index contributed by atoms with van der Waals surface area (Å²) in [5, 5.41) is 0. The molecule has 0 saturated heterocycles. The summed E-state index contributed by atoms with van der Waals surface area (Å²) in [7, 11) is 0. The molecule has 0 aliphatic rings. The molecular weight excluding hydrogens is 232 g/mol. The van der Waals surface area contributed by atoms with Gasteiger partial charge in [-0.15, -0.1) is 0 Å². The van der Waals surface area contributed by atoms with E-state index in [1.807, 2.05) is 24.3 Å². The molecule has 107 valence electrons. The van der Waals surface area contributed by atoms with Crippen molar-refractivity contribution in [3.63, 3.8) is 0 Å². The number of benzene rings is 1. The lowest BCUT2D eigenvalue weighted by Crippen LogP contribution is -1.96. The Balaban J connectivity index is 1.79. The van der Waals surface area contributed by atoms with E-state index in [1.54, 1.807) is 0 Å². The van der Waals surface area contributed by atoms with E-state index in [1.165, 1.54) is 64.2 Å². The molecule has 0 spiro atoms. The zero-order chi connectivity index (χ0) is 13.6. The maximum absolute atomic E-state index is 5.65. The minimum atomic E-state index is 0.842. The normalized spacial score (nSPS) is 10.6. The fourth-order valence-corrected chi connectivity index (χ4v) is 2.25. The van der Waals surface area contributed by atoms with Gasteiger partial charge in [-0.1, -0.05) is 76.8 Å². The highest BCUT2D eigenvalue weighted by atomic mass is 16.5. The van der Waals surface area contributed by atoms with Crippen molar-refractivity contribution in [2.75, 3.05) is 6.61 Å². The zero-order valence-electron chi connectivity index (χ0n) is 12.5. The maximum atomic E-state index is 5.65. The highest BCUT2D eigenvalue weighted by Crippen LogP contribution is 2.12. The largest absolute Gasteiger partial charge is 0.494 e. The minimum absolute atomic E-state index is 0.842. The van der Waals surface area contributed by atoms with Crippen molar-refractivity contribution in [3.8, 4) is 5.75 Å². The Morgan fingerprint density at radius 3 is 2.11 bits per heavy atom. The summed E-state index contributed by atoms with van der Waals surface area (Å²) in [4.78, 5) is 0. The van der Waals surface area contributed by atoms with E-state index in [2.05, 4.69) is 13.0 Å². The van der Waals surface area contributed by atoms with Crippen LogP contribution < -0.4 is 4.74 Å². The number of ether oxygens (including phenoxy) is 1. The lowest BCUT2D eigenvalue weighted by Gasteiger charge is -2.05. The molecule has 0 bridgehead atoms. The van der Waals surface area contributed by atoms with Crippen LogP contribution in [0.2, 0.25) is 0 Å². The molecule has 0 atom stereocenters. The Morgan fingerprint density at radius 1 is 0.895 bits per heavy atom. The van der Waals surface area contributed by atoms with E-state index >= 15 is 0 Å². The highest BCUT2D eigenvalue weighted by Gasteiger charge is 1.94. The lowest BCUT2D eigenvalue weighted by molar-refractivity contribution is 0.304. The van der Waals surface area contributed by atoms with Crippen LogP contribution in [0.4, 0.5) is 0 Å². The fraction of sp³-hybridized carbons (Fsp3) is 0.667. The number of hydrogen-bond acceptors (Lipinski definition) is 1. The third-order valence-electron chi connectivity index (χ3n) is 3.45. The zero-order valence-corrected chi connectivity index (χ0v) is 12.5. The van der Waals surface area contributed by atoms with Crippen molar-refractivity contribution in [2.24, 2.45) is 0 Å². The molecule has 0 aliphatic heterocycles. The lowest BCUT2D eigenvalue weighted by atomic mass is 10.1. The summed E-state index contributed by atoms with van der Waals surface area (Å²) >= 11 is 0. The van der Waals surface area contributed by atoms with E-state index in [4.69, 9.17) is 4.74 Å². The monoisotopic (exact) mass is 261 g/mol. The van der Waals surface area contributed by atoms with E-state index in [-0.39, 0.29) is 0 Å². The summed E-state index contributed by atoms with van der Waals surface area (Å²) in [5.41, 5.74) is 0. The van der Waals surface area contributed by atoms with Gasteiger partial charge in [0.1, 0.15) is 5.75 Å². The Morgan fingerprint density at radius 2 is 1.53 bits per heavy atom. The second-order valence-electron chi connectivity index (χ2n) is 5.27. The van der Waals surface area contributed by atoms with Gasteiger partial charge < -0.3 is 4.74 Å². The molecular formula is C18H29O. The average molecular weight is 261 g/mol. The molecule has 0 heterocycles. The average Bonchev–Trinajstić information content (AvgIpc) is 2.46. The van der Waals surface area contributed by atoms with E-state index in [0.29, 0.717) is 0 Å². The van der Waals surface area contributed by atoms with Gasteiger partial charge in [0.05, 0.1) is 6.61 Å². The summed E-state index contributed by atoms with van der Waals surface area (Å²) in [6.07, 6.45) is 13.7. The van der Waals surface area contributed by atoms with Gasteiger partial charge in [-0.05, 0) is 24.6 Å². The van der Waals surface area contributed by atoms with Gasteiger partial charge in [0.2, 0.25) is 0 Å². The Kier molecular flexibility index (Phi) is 10.2. The van der Waals surface area contributed by atoms with Gasteiger partial charge in [-0.25, -0.2) is 0 Å². The first-order valence-electron chi connectivity index (χ1n) is 8.02. The number of hydrogen-bond donors (Lipinski definition) is 0. The van der Waals surface area contributed by atoms with E-state index in [9.17, 15) is 0 Å². The predicted molar refractivity (Wildman–Crippen MR) is 82.6 cm³/mol. The molecule has 0 aromatic heterocycles. The smallest absolute Gasteiger partial charge is 0.119 e. The van der Waals surface area contributed by atoms with Crippen LogP contribution in [0.5, 0.6) is 5.75 Å². The molecule has 1 rings (SSSR count). The van der Waals surface area contributed by atoms with Crippen LogP contribution in [-0.4, -0.2) is 6.61 Å². The highest BCUT2D eigenvalue weighted by molar-refractivity contribution is 5.19. The molecule has 19 heavy (non-hydrogen) atoms. The molecule has 1 nitrogen and oxygen atoms in total. The number of rotatable bonds is 12. The predicted octanol–water partition coefficient (Wildman–Crippen LogP) is 5.79. The SMILES string of the molecule is CCCCCCCCCCCCOc1c[c]ccc1. The van der Waals surface area contributed by atoms with Gasteiger partial charge in [-0.2, -0.15) is 0 Å². The molecule has 1 aromatic rings. The topological polar surface area (TPSA) is 9.23 Å². The maximum Gasteiger partial charge on any atom is 0.119 e. The van der Waals surface area contributed by atoms with E-state index in [0.717, 1.165) is 12.4 Å². The molecule has 0 aliphatic carbocycles. The quantitative estimate of drug-likeness (QED) is 0.433. The van der Waals surface area contributed by atoms with Crippen molar-refractivity contribution >= 4 is 0 Å². The molecule has 1 radical (unpaired) electrons. The molecule has 1 aromatic carbocycles. The van der Waals surface area contributed by atoms with Crippen molar-refractivity contribution < 1.29 is 4.74 Å². The van der Waals surface area contributed by atoms with Crippen molar-refractivity contribution in [3.05, 3.63) is 30.3 Å². The van der Waals surface area contributed by atoms with Gasteiger partial charge in [0.15, 0.2) is 0 Å². The van der Waals surface area contributed by atoms with Crippen LogP contribution in [-0.2, 0) is 0 Å². The van der Waals surface area contributed by atoms with Gasteiger partial charge in [0, 0.05) is 0 Å². The second kappa shape index (κ2) is 12.1. The first-order valence-corrected chi connectivity index (χ1v) is 8.02. The summed E-state index contributed by atoms with van der Waals surface area (Å²) in [5.74, 6) is 0.943. The van der Waals surface area contributed by atoms with Gasteiger partial charge >= 0.3 is 0 Å². The van der Waals surface area contributed by atoms with Gasteiger partial charge in [-0.3, -0.25) is 0 Å². The number of unbranched alkanes of at least 4 members (excludes halogenated alkanes) is 9. The van der Waals surface area contributed by atoms with Crippen LogP contribution in [0, 0.1) is 6.07 Å². The Bertz CT molecular complexity index is 281. The molecule has 0 fully saturated rings. The van der Waals surface area contributed by atoms with Crippen LogP contribution in [0.25, 0.3) is 0 Å².